The van der Waals surface area contributed by atoms with Crippen LogP contribution in [0.25, 0.3) is 5.65 Å². The van der Waals surface area contributed by atoms with E-state index in [1.165, 1.54) is 4.63 Å². The van der Waals surface area contributed by atoms with E-state index in [9.17, 15) is 0 Å². The molecule has 16 heavy (non-hydrogen) atoms. The predicted octanol–water partition coefficient (Wildman–Crippen LogP) is -0.146. The molecule has 0 saturated carbocycles. The summed E-state index contributed by atoms with van der Waals surface area (Å²) < 4.78 is 1.37. The first-order valence-corrected chi connectivity index (χ1v) is 4.69. The van der Waals surface area contributed by atoms with Gasteiger partial charge in [0.25, 0.3) is 0 Å². The van der Waals surface area contributed by atoms with Gasteiger partial charge in [-0.25, -0.2) is 4.98 Å². The van der Waals surface area contributed by atoms with Crippen molar-refractivity contribution < 1.29 is 0 Å². The van der Waals surface area contributed by atoms with Crippen molar-refractivity contribution >= 4 is 11.5 Å². The molecule has 0 aliphatic carbocycles. The maximum Gasteiger partial charge on any atom is 0.200 e. The minimum atomic E-state index is 0.577. The third kappa shape index (κ3) is 1.56. The summed E-state index contributed by atoms with van der Waals surface area (Å²) in [4.78, 5) is 7.08. The molecule has 0 fully saturated rings. The van der Waals surface area contributed by atoms with E-state index in [1.807, 2.05) is 6.07 Å². The van der Waals surface area contributed by atoms with Crippen LogP contribution in [0.1, 0.15) is 5.82 Å². The molecule has 0 aliphatic rings. The quantitative estimate of drug-likeness (QED) is 0.632. The van der Waals surface area contributed by atoms with E-state index >= 15 is 0 Å². The predicted molar refractivity (Wildman–Crippen MR) is 54.5 cm³/mol. The van der Waals surface area contributed by atoms with E-state index in [2.05, 4.69) is 35.9 Å². The van der Waals surface area contributed by atoms with Crippen molar-refractivity contribution in [3.05, 3.63) is 30.4 Å². The number of tetrazole rings is 1. The lowest BCUT2D eigenvalue weighted by molar-refractivity contribution is 0.733. The second-order valence-corrected chi connectivity index (χ2v) is 3.13. The number of hydrogen-bond donors (Lipinski definition) is 2. The molecule has 3 heterocycles. The molecular formula is C8H8N8. The highest BCUT2D eigenvalue weighted by Gasteiger charge is 2.00. The fourth-order valence-corrected chi connectivity index (χ4v) is 1.31. The molecule has 0 saturated heterocycles. The summed E-state index contributed by atoms with van der Waals surface area (Å²) in [7, 11) is 0. The van der Waals surface area contributed by atoms with Crippen LogP contribution in [0.15, 0.2) is 24.5 Å². The number of rotatable bonds is 3. The molecule has 0 aliphatic heterocycles. The van der Waals surface area contributed by atoms with Crippen LogP contribution >= 0.6 is 0 Å². The summed E-state index contributed by atoms with van der Waals surface area (Å²) in [5.74, 6) is 1.54. The molecule has 3 rings (SSSR count). The van der Waals surface area contributed by atoms with Gasteiger partial charge in [-0.2, -0.15) is 0 Å². The standard InChI is InChI=1S/C8H8N8/c1-2-8-12-14-15-16(8)13-6(1)11-5-7-9-3-4-10-7/h1-4H,5H2,(H,9,10)(H,11,13). The molecule has 0 spiro atoms. The zero-order valence-electron chi connectivity index (χ0n) is 8.20. The van der Waals surface area contributed by atoms with Gasteiger partial charge >= 0.3 is 0 Å². The molecule has 0 unspecified atom stereocenters. The second-order valence-electron chi connectivity index (χ2n) is 3.13. The highest BCUT2D eigenvalue weighted by molar-refractivity contribution is 5.41. The van der Waals surface area contributed by atoms with Crippen molar-refractivity contribution in [2.45, 2.75) is 6.54 Å². The first kappa shape index (κ1) is 8.77. The van der Waals surface area contributed by atoms with E-state index in [4.69, 9.17) is 0 Å². The lowest BCUT2D eigenvalue weighted by Gasteiger charge is -2.02. The number of H-pyrrole nitrogens is 1. The Hall–Kier alpha value is -2.51. The average molecular weight is 216 g/mol. The maximum absolute atomic E-state index is 4.16. The average Bonchev–Trinajstić information content (AvgIpc) is 2.97. The van der Waals surface area contributed by atoms with Crippen LogP contribution in [0.2, 0.25) is 0 Å². The van der Waals surface area contributed by atoms with Crippen molar-refractivity contribution in [3.8, 4) is 0 Å². The summed E-state index contributed by atoms with van der Waals surface area (Å²) in [5.41, 5.74) is 0.614. The van der Waals surface area contributed by atoms with Gasteiger partial charge in [-0.05, 0) is 22.6 Å². The maximum atomic E-state index is 4.16. The van der Waals surface area contributed by atoms with Crippen LogP contribution in [0.3, 0.4) is 0 Å². The number of aromatic amines is 1. The van der Waals surface area contributed by atoms with Crippen LogP contribution < -0.4 is 5.32 Å². The number of anilines is 1. The molecule has 2 N–H and O–H groups in total. The number of aromatic nitrogens is 7. The number of fused-ring (bicyclic) bond motifs is 1. The van der Waals surface area contributed by atoms with Gasteiger partial charge in [0, 0.05) is 12.4 Å². The number of hydrogen-bond acceptors (Lipinski definition) is 6. The van der Waals surface area contributed by atoms with Crippen LogP contribution in [0.4, 0.5) is 5.82 Å². The highest BCUT2D eigenvalue weighted by Crippen LogP contribution is 2.04. The third-order valence-corrected chi connectivity index (χ3v) is 2.06. The largest absolute Gasteiger partial charge is 0.361 e. The Bertz CT molecular complexity index is 583. The molecule has 0 amide bonds. The number of nitrogens with zero attached hydrogens (tertiary/aromatic N) is 6. The fraction of sp³-hybridized carbons (Fsp3) is 0.125. The Kier molecular flexibility index (Phi) is 1.96. The molecule has 8 nitrogen and oxygen atoms in total. The van der Waals surface area contributed by atoms with Crippen molar-refractivity contribution in [2.75, 3.05) is 5.32 Å². The molecule has 0 aromatic carbocycles. The highest BCUT2D eigenvalue weighted by atomic mass is 15.6. The summed E-state index contributed by atoms with van der Waals surface area (Å²) >= 11 is 0. The lowest BCUT2D eigenvalue weighted by Crippen LogP contribution is -2.05. The van der Waals surface area contributed by atoms with E-state index in [0.29, 0.717) is 18.0 Å². The van der Waals surface area contributed by atoms with Crippen LogP contribution in [-0.2, 0) is 6.54 Å². The van der Waals surface area contributed by atoms with Gasteiger partial charge in [0.1, 0.15) is 11.6 Å². The monoisotopic (exact) mass is 216 g/mol. The Labute approximate surface area is 89.7 Å². The normalized spacial score (nSPS) is 10.8. The van der Waals surface area contributed by atoms with Crippen molar-refractivity contribution in [3.63, 3.8) is 0 Å². The van der Waals surface area contributed by atoms with Gasteiger partial charge in [-0.3, -0.25) is 0 Å². The molecule has 0 bridgehead atoms. The SMILES string of the molecule is c1c[nH]c(CNc2ccc3nnnn3n2)n1. The Morgan fingerprint density at radius 1 is 1.38 bits per heavy atom. The fourth-order valence-electron chi connectivity index (χ4n) is 1.31. The van der Waals surface area contributed by atoms with Gasteiger partial charge < -0.3 is 10.3 Å². The molecule has 80 valence electrons. The summed E-state index contributed by atoms with van der Waals surface area (Å²) in [6.45, 7) is 0.577. The molecule has 0 atom stereocenters. The Balaban J connectivity index is 1.78. The molecule has 0 radical (unpaired) electrons. The second kappa shape index (κ2) is 3.57. The van der Waals surface area contributed by atoms with E-state index in [0.717, 1.165) is 5.82 Å². The van der Waals surface area contributed by atoms with Gasteiger partial charge in [-0.1, -0.05) is 0 Å². The van der Waals surface area contributed by atoms with Gasteiger partial charge in [-0.15, -0.1) is 14.8 Å². The lowest BCUT2D eigenvalue weighted by atomic mass is 10.5. The van der Waals surface area contributed by atoms with E-state index < -0.39 is 0 Å². The number of nitrogens with one attached hydrogen (secondary N) is 2. The van der Waals surface area contributed by atoms with Crippen LogP contribution in [-0.4, -0.2) is 35.2 Å². The van der Waals surface area contributed by atoms with Gasteiger partial charge in [0.2, 0.25) is 0 Å². The van der Waals surface area contributed by atoms with Crippen molar-refractivity contribution in [1.82, 2.24) is 35.2 Å². The minimum absolute atomic E-state index is 0.577. The van der Waals surface area contributed by atoms with Crippen LogP contribution in [0.5, 0.6) is 0 Å². The minimum Gasteiger partial charge on any atom is -0.361 e. The van der Waals surface area contributed by atoms with Crippen molar-refractivity contribution in [2.24, 2.45) is 0 Å². The topological polar surface area (TPSA) is 96.7 Å². The van der Waals surface area contributed by atoms with E-state index in [1.54, 1.807) is 18.5 Å². The zero-order chi connectivity index (χ0) is 10.8. The summed E-state index contributed by atoms with van der Waals surface area (Å²) in [5, 5.41) is 18.2. The smallest absolute Gasteiger partial charge is 0.200 e. The Morgan fingerprint density at radius 2 is 2.38 bits per heavy atom. The molecule has 3 aromatic rings. The summed E-state index contributed by atoms with van der Waals surface area (Å²) in [6.07, 6.45) is 3.48. The first-order valence-electron chi connectivity index (χ1n) is 4.69. The van der Waals surface area contributed by atoms with Gasteiger partial charge in [0.15, 0.2) is 5.65 Å². The zero-order valence-corrected chi connectivity index (χ0v) is 8.20. The molecular weight excluding hydrogens is 208 g/mol. The molecule has 3 aromatic heterocycles. The summed E-state index contributed by atoms with van der Waals surface area (Å²) in [6, 6.07) is 3.60. The van der Waals surface area contributed by atoms with Gasteiger partial charge in [0.05, 0.1) is 6.54 Å². The third-order valence-electron chi connectivity index (χ3n) is 2.06. The number of imidazole rings is 1. The molecule has 8 heteroatoms. The Morgan fingerprint density at radius 3 is 3.25 bits per heavy atom. The first-order chi connectivity index (χ1) is 7.92. The van der Waals surface area contributed by atoms with E-state index in [-0.39, 0.29) is 0 Å². The van der Waals surface area contributed by atoms with Crippen molar-refractivity contribution in [1.29, 1.82) is 0 Å². The van der Waals surface area contributed by atoms with Crippen LogP contribution in [0, 0.1) is 0 Å².